The Bertz CT molecular complexity index is 562. The number of hydrogen-bond acceptors (Lipinski definition) is 3. The maximum atomic E-state index is 10.9. The number of rotatable bonds is 3. The fourth-order valence-corrected chi connectivity index (χ4v) is 1.67. The summed E-state index contributed by atoms with van der Waals surface area (Å²) in [6.07, 6.45) is 0. The highest BCUT2D eigenvalue weighted by molar-refractivity contribution is 5.73. The summed E-state index contributed by atoms with van der Waals surface area (Å²) in [6.45, 7) is 5.43. The van der Waals surface area contributed by atoms with Crippen molar-refractivity contribution in [2.24, 2.45) is 5.92 Å². The van der Waals surface area contributed by atoms with Gasteiger partial charge in [0.05, 0.1) is 11.4 Å². The van der Waals surface area contributed by atoms with Crippen LogP contribution in [0.5, 0.6) is 0 Å². The van der Waals surface area contributed by atoms with Gasteiger partial charge in [0.1, 0.15) is 5.82 Å². The molecule has 2 aromatic rings. The monoisotopic (exact) mass is 233 g/mol. The van der Waals surface area contributed by atoms with Gasteiger partial charge in [-0.05, 0) is 19.1 Å². The van der Waals surface area contributed by atoms with E-state index in [1.54, 1.807) is 6.92 Å². The first-order valence-electron chi connectivity index (χ1n) is 5.55. The average Bonchev–Trinajstić information content (AvgIpc) is 2.69. The van der Waals surface area contributed by atoms with Crippen molar-refractivity contribution in [2.45, 2.75) is 26.7 Å². The van der Waals surface area contributed by atoms with Crippen molar-refractivity contribution in [3.05, 3.63) is 23.7 Å². The summed E-state index contributed by atoms with van der Waals surface area (Å²) in [5.74, 6) is -0.784. The minimum Gasteiger partial charge on any atom is -0.481 e. The quantitative estimate of drug-likeness (QED) is 0.850. The molecular weight excluding hydrogens is 218 g/mol. The second-order valence-corrected chi connectivity index (χ2v) is 4.36. The predicted molar refractivity (Wildman–Crippen MR) is 63.8 cm³/mol. The smallest absolute Gasteiger partial charge is 0.306 e. The molecule has 0 aliphatic carbocycles. The van der Waals surface area contributed by atoms with Gasteiger partial charge in [0.25, 0.3) is 0 Å². The van der Waals surface area contributed by atoms with Crippen LogP contribution < -0.4 is 0 Å². The van der Waals surface area contributed by atoms with Gasteiger partial charge in [-0.2, -0.15) is 0 Å². The molecule has 0 amide bonds. The van der Waals surface area contributed by atoms with Crippen LogP contribution in [0.2, 0.25) is 0 Å². The highest BCUT2D eigenvalue weighted by Gasteiger charge is 2.23. The molecule has 0 aliphatic heterocycles. The van der Waals surface area contributed by atoms with E-state index in [0.717, 1.165) is 11.2 Å². The average molecular weight is 233 g/mol. The van der Waals surface area contributed by atoms with Crippen LogP contribution in [0.15, 0.2) is 12.1 Å². The minimum absolute atomic E-state index is 0.165. The van der Waals surface area contributed by atoms with Gasteiger partial charge in [-0.3, -0.25) is 4.79 Å². The van der Waals surface area contributed by atoms with Gasteiger partial charge in [-0.25, -0.2) is 9.97 Å². The van der Waals surface area contributed by atoms with Crippen LogP contribution in [0.3, 0.4) is 0 Å². The molecule has 0 bridgehead atoms. The number of carboxylic acids is 1. The molecule has 17 heavy (non-hydrogen) atoms. The van der Waals surface area contributed by atoms with E-state index in [9.17, 15) is 4.79 Å². The van der Waals surface area contributed by atoms with E-state index < -0.39 is 11.9 Å². The molecule has 2 atom stereocenters. The number of aliphatic carboxylic acids is 1. The number of pyridine rings is 1. The third-order valence-electron chi connectivity index (χ3n) is 3.07. The fourth-order valence-electron chi connectivity index (χ4n) is 1.67. The summed E-state index contributed by atoms with van der Waals surface area (Å²) in [6, 6.07) is 3.81. The van der Waals surface area contributed by atoms with Crippen LogP contribution in [0.1, 0.15) is 31.3 Å². The number of carbonyl (C=O) groups is 1. The molecule has 2 aromatic heterocycles. The first kappa shape index (κ1) is 11.6. The molecule has 0 aliphatic rings. The van der Waals surface area contributed by atoms with E-state index in [1.165, 1.54) is 0 Å². The molecule has 0 fully saturated rings. The molecule has 0 spiro atoms. The molecule has 2 heterocycles. The first-order chi connectivity index (χ1) is 7.99. The Morgan fingerprint density at radius 2 is 2.06 bits per heavy atom. The number of hydrogen-bond donors (Lipinski definition) is 2. The van der Waals surface area contributed by atoms with Crippen molar-refractivity contribution >= 4 is 17.1 Å². The number of aryl methyl sites for hydroxylation is 1. The lowest BCUT2D eigenvalue weighted by molar-refractivity contribution is -0.141. The van der Waals surface area contributed by atoms with E-state index in [2.05, 4.69) is 15.0 Å². The molecule has 0 saturated carbocycles. The second kappa shape index (κ2) is 4.16. The van der Waals surface area contributed by atoms with Crippen molar-refractivity contribution < 1.29 is 9.90 Å². The highest BCUT2D eigenvalue weighted by atomic mass is 16.4. The predicted octanol–water partition coefficient (Wildman–Crippen LogP) is 2.09. The molecule has 0 saturated heterocycles. The molecule has 5 nitrogen and oxygen atoms in total. The van der Waals surface area contributed by atoms with Gasteiger partial charge in [-0.15, -0.1) is 0 Å². The van der Waals surface area contributed by atoms with E-state index >= 15 is 0 Å². The van der Waals surface area contributed by atoms with Crippen molar-refractivity contribution in [2.75, 3.05) is 0 Å². The van der Waals surface area contributed by atoms with E-state index in [0.29, 0.717) is 11.5 Å². The SMILES string of the molecule is Cc1ccc2[nH]c(C(C)C(C)C(=O)O)nc2n1. The Hall–Kier alpha value is -1.91. The maximum Gasteiger partial charge on any atom is 0.306 e. The number of fused-ring (bicyclic) bond motifs is 1. The Balaban J connectivity index is 2.39. The zero-order valence-electron chi connectivity index (χ0n) is 10.1. The first-order valence-corrected chi connectivity index (χ1v) is 5.55. The molecule has 0 radical (unpaired) electrons. The molecule has 2 N–H and O–H groups in total. The number of nitrogens with one attached hydrogen (secondary N) is 1. The molecule has 5 heteroatoms. The number of aromatic nitrogens is 3. The van der Waals surface area contributed by atoms with Crippen LogP contribution >= 0.6 is 0 Å². The molecule has 90 valence electrons. The molecule has 2 rings (SSSR count). The van der Waals surface area contributed by atoms with Gasteiger partial charge in [0.2, 0.25) is 0 Å². The number of H-pyrrole nitrogens is 1. The molecular formula is C12H15N3O2. The van der Waals surface area contributed by atoms with Crippen molar-refractivity contribution in [1.29, 1.82) is 0 Å². The Kier molecular flexibility index (Phi) is 2.83. The zero-order valence-corrected chi connectivity index (χ0v) is 10.1. The molecule has 2 unspecified atom stereocenters. The van der Waals surface area contributed by atoms with E-state index in [1.807, 2.05) is 26.0 Å². The standard InChI is InChI=1S/C12H15N3O2/c1-6-4-5-9-11(13-6)15-10(14-9)7(2)8(3)12(16)17/h4-5,7-8H,1-3H3,(H,16,17)(H,13,14,15). The number of aromatic amines is 1. The van der Waals surface area contributed by atoms with Crippen LogP contribution in [-0.4, -0.2) is 26.0 Å². The number of imidazole rings is 1. The summed E-state index contributed by atoms with van der Waals surface area (Å²) in [5, 5.41) is 8.98. The van der Waals surface area contributed by atoms with Crippen molar-refractivity contribution in [3.8, 4) is 0 Å². The lowest BCUT2D eigenvalue weighted by atomic mass is 9.96. The summed E-state index contributed by atoms with van der Waals surface area (Å²) in [7, 11) is 0. The minimum atomic E-state index is -0.818. The lowest BCUT2D eigenvalue weighted by Crippen LogP contribution is -2.17. The highest BCUT2D eigenvalue weighted by Crippen LogP contribution is 2.23. The van der Waals surface area contributed by atoms with Gasteiger partial charge in [0.15, 0.2) is 5.65 Å². The summed E-state index contributed by atoms with van der Waals surface area (Å²) in [4.78, 5) is 22.7. The Labute approximate surface area is 98.9 Å². The van der Waals surface area contributed by atoms with Crippen LogP contribution in [0.25, 0.3) is 11.2 Å². The van der Waals surface area contributed by atoms with Gasteiger partial charge in [-0.1, -0.05) is 13.8 Å². The largest absolute Gasteiger partial charge is 0.481 e. The Morgan fingerprint density at radius 3 is 2.71 bits per heavy atom. The summed E-state index contributed by atoms with van der Waals surface area (Å²) in [5.41, 5.74) is 2.38. The molecule has 0 aromatic carbocycles. The maximum absolute atomic E-state index is 10.9. The Morgan fingerprint density at radius 1 is 1.35 bits per heavy atom. The van der Waals surface area contributed by atoms with Gasteiger partial charge < -0.3 is 10.1 Å². The van der Waals surface area contributed by atoms with Crippen molar-refractivity contribution in [3.63, 3.8) is 0 Å². The second-order valence-electron chi connectivity index (χ2n) is 4.36. The number of carboxylic acid groups (broad SMARTS) is 1. The van der Waals surface area contributed by atoms with Gasteiger partial charge in [0, 0.05) is 11.6 Å². The van der Waals surface area contributed by atoms with E-state index in [4.69, 9.17) is 5.11 Å². The van der Waals surface area contributed by atoms with Crippen LogP contribution in [0.4, 0.5) is 0 Å². The third-order valence-corrected chi connectivity index (χ3v) is 3.07. The summed E-state index contributed by atoms with van der Waals surface area (Å²) < 4.78 is 0. The lowest BCUT2D eigenvalue weighted by Gasteiger charge is -2.12. The van der Waals surface area contributed by atoms with Crippen molar-refractivity contribution in [1.82, 2.24) is 15.0 Å². The fraction of sp³-hybridized carbons (Fsp3) is 0.417. The van der Waals surface area contributed by atoms with Gasteiger partial charge >= 0.3 is 5.97 Å². The summed E-state index contributed by atoms with van der Waals surface area (Å²) >= 11 is 0. The normalized spacial score (nSPS) is 14.8. The zero-order chi connectivity index (χ0) is 12.6. The van der Waals surface area contributed by atoms with Crippen LogP contribution in [-0.2, 0) is 4.79 Å². The van der Waals surface area contributed by atoms with Crippen LogP contribution in [0, 0.1) is 12.8 Å². The third kappa shape index (κ3) is 2.13. The van der Waals surface area contributed by atoms with E-state index in [-0.39, 0.29) is 5.92 Å². The topological polar surface area (TPSA) is 78.9 Å². The number of nitrogens with zero attached hydrogens (tertiary/aromatic N) is 2.